The van der Waals surface area contributed by atoms with Crippen LogP contribution in [-0.2, 0) is 4.80 Å². The van der Waals surface area contributed by atoms with Gasteiger partial charge in [-0.1, -0.05) is 30.3 Å². The fourth-order valence-electron chi connectivity index (χ4n) is 0.574. The number of rotatable bonds is 1. The smallest absolute Gasteiger partial charge is 0.237 e. The molecule has 0 aromatic heterocycles. The maximum Gasteiger partial charge on any atom is 0.237 e. The Morgan fingerprint density at radius 1 is 1.12 bits per heavy atom. The third-order valence-electron chi connectivity index (χ3n) is 1.01. The van der Waals surface area contributed by atoms with Gasteiger partial charge in [0.05, 0.1) is 0 Å². The summed E-state index contributed by atoms with van der Waals surface area (Å²) in [4.78, 5) is 10.3. The van der Waals surface area contributed by atoms with E-state index in [4.69, 9.17) is 0 Å². The van der Waals surface area contributed by atoms with Gasteiger partial charge in [-0.25, -0.2) is 0 Å². The quantitative estimate of drug-likeness (QED) is 0.462. The predicted octanol–water partition coefficient (Wildman–Crippen LogP) is -0.174. The molecule has 1 radical (unpaired) electrons. The molecule has 1 nitrogen and oxygen atoms in total. The first-order valence-corrected chi connectivity index (χ1v) is 3.84. The zero-order valence-corrected chi connectivity index (χ0v) is 5.92. The molecule has 0 aliphatic heterocycles. The van der Waals surface area contributed by atoms with E-state index in [1.165, 1.54) is 0 Å². The first kappa shape index (κ1) is 5.53. The standard InChI is InChI=1S/C6H7OSi/c7-8-6-4-2-1-3-5-6/h1-5H,8H2. The Morgan fingerprint density at radius 2 is 1.75 bits per heavy atom. The summed E-state index contributed by atoms with van der Waals surface area (Å²) in [6.45, 7) is 0. The van der Waals surface area contributed by atoms with Crippen molar-refractivity contribution >= 4 is 14.9 Å². The SMILES string of the molecule is [O][SiH2]c1ccccc1. The minimum Gasteiger partial charge on any atom is -0.300 e. The lowest BCUT2D eigenvalue weighted by Crippen LogP contribution is -2.09. The van der Waals surface area contributed by atoms with Crippen LogP contribution in [0.2, 0.25) is 0 Å². The summed E-state index contributed by atoms with van der Waals surface area (Å²) in [7, 11) is -1.16. The molecule has 2 heteroatoms. The van der Waals surface area contributed by atoms with Gasteiger partial charge in [0.1, 0.15) is 0 Å². The molecule has 1 aromatic carbocycles. The molecule has 41 valence electrons. The maximum atomic E-state index is 10.3. The molecule has 0 heterocycles. The summed E-state index contributed by atoms with van der Waals surface area (Å²) in [5.41, 5.74) is 0. The van der Waals surface area contributed by atoms with E-state index in [2.05, 4.69) is 0 Å². The van der Waals surface area contributed by atoms with Crippen LogP contribution >= 0.6 is 0 Å². The van der Waals surface area contributed by atoms with E-state index >= 15 is 0 Å². The summed E-state index contributed by atoms with van der Waals surface area (Å²) in [5.74, 6) is 0. The second-order valence-corrected chi connectivity index (χ2v) is 2.74. The van der Waals surface area contributed by atoms with Gasteiger partial charge in [0, 0.05) is 0 Å². The van der Waals surface area contributed by atoms with Crippen molar-refractivity contribution in [3.63, 3.8) is 0 Å². The van der Waals surface area contributed by atoms with Crippen molar-refractivity contribution in [1.29, 1.82) is 0 Å². The normalized spacial score (nSPS) is 10.6. The Hall–Kier alpha value is -0.603. The van der Waals surface area contributed by atoms with Gasteiger partial charge < -0.3 is 4.80 Å². The second-order valence-electron chi connectivity index (χ2n) is 1.63. The van der Waals surface area contributed by atoms with Crippen molar-refractivity contribution in [2.75, 3.05) is 0 Å². The maximum absolute atomic E-state index is 10.3. The molecule has 0 atom stereocenters. The molecule has 0 bridgehead atoms. The Labute approximate surface area is 50.9 Å². The molecular formula is C6H7OSi. The van der Waals surface area contributed by atoms with Crippen LogP contribution in [0.15, 0.2) is 30.3 Å². The van der Waals surface area contributed by atoms with Crippen LogP contribution in [0.1, 0.15) is 0 Å². The molecule has 1 aromatic rings. The van der Waals surface area contributed by atoms with Crippen LogP contribution in [0, 0.1) is 0 Å². The average molecular weight is 123 g/mol. The van der Waals surface area contributed by atoms with Gasteiger partial charge in [-0.2, -0.15) is 0 Å². The summed E-state index contributed by atoms with van der Waals surface area (Å²) in [6, 6.07) is 9.51. The van der Waals surface area contributed by atoms with E-state index in [0.717, 1.165) is 5.19 Å². The van der Waals surface area contributed by atoms with Gasteiger partial charge in [0.2, 0.25) is 9.76 Å². The van der Waals surface area contributed by atoms with Crippen molar-refractivity contribution in [2.24, 2.45) is 0 Å². The Kier molecular flexibility index (Phi) is 1.83. The predicted molar refractivity (Wildman–Crippen MR) is 35.3 cm³/mol. The molecule has 1 rings (SSSR count). The summed E-state index contributed by atoms with van der Waals surface area (Å²) < 4.78 is 0. The Morgan fingerprint density at radius 3 is 2.12 bits per heavy atom. The van der Waals surface area contributed by atoms with E-state index in [-0.39, 0.29) is 0 Å². The van der Waals surface area contributed by atoms with Crippen molar-refractivity contribution in [3.05, 3.63) is 30.3 Å². The highest BCUT2D eigenvalue weighted by Gasteiger charge is 1.84. The minimum absolute atomic E-state index is 0.993. The zero-order chi connectivity index (χ0) is 5.82. The van der Waals surface area contributed by atoms with Gasteiger partial charge >= 0.3 is 0 Å². The van der Waals surface area contributed by atoms with E-state index in [1.807, 2.05) is 30.3 Å². The van der Waals surface area contributed by atoms with Crippen molar-refractivity contribution in [1.82, 2.24) is 0 Å². The van der Waals surface area contributed by atoms with Crippen LogP contribution in [-0.4, -0.2) is 9.76 Å². The molecule has 0 aliphatic carbocycles. The Bertz CT molecular complexity index is 150. The number of benzene rings is 1. The molecule has 0 aliphatic rings. The van der Waals surface area contributed by atoms with Gasteiger partial charge in [0.25, 0.3) is 0 Å². The van der Waals surface area contributed by atoms with Gasteiger partial charge in [-0.05, 0) is 5.19 Å². The van der Waals surface area contributed by atoms with Crippen LogP contribution < -0.4 is 5.19 Å². The molecule has 0 saturated heterocycles. The lowest BCUT2D eigenvalue weighted by molar-refractivity contribution is 0.484. The molecule has 0 saturated carbocycles. The number of hydrogen-bond acceptors (Lipinski definition) is 0. The van der Waals surface area contributed by atoms with Crippen molar-refractivity contribution in [2.45, 2.75) is 0 Å². The molecule has 0 amide bonds. The van der Waals surface area contributed by atoms with Gasteiger partial charge in [-0.3, -0.25) is 0 Å². The Balaban J connectivity index is 2.83. The van der Waals surface area contributed by atoms with Crippen LogP contribution in [0.4, 0.5) is 0 Å². The third-order valence-corrected chi connectivity index (χ3v) is 1.81. The van der Waals surface area contributed by atoms with E-state index in [1.54, 1.807) is 0 Å². The topological polar surface area (TPSA) is 19.9 Å². The molecule has 0 unspecified atom stereocenters. The van der Waals surface area contributed by atoms with E-state index in [9.17, 15) is 4.80 Å². The van der Waals surface area contributed by atoms with Crippen LogP contribution in [0.3, 0.4) is 0 Å². The van der Waals surface area contributed by atoms with Crippen LogP contribution in [0.5, 0.6) is 0 Å². The average Bonchev–Trinajstić information content (AvgIpc) is 1.90. The fourth-order valence-corrected chi connectivity index (χ4v) is 1.04. The molecule has 0 spiro atoms. The second kappa shape index (κ2) is 2.64. The minimum atomic E-state index is -1.16. The van der Waals surface area contributed by atoms with Gasteiger partial charge in [0.15, 0.2) is 0 Å². The fraction of sp³-hybridized carbons (Fsp3) is 0. The first-order chi connectivity index (χ1) is 3.93. The lowest BCUT2D eigenvalue weighted by atomic mass is 10.4. The largest absolute Gasteiger partial charge is 0.300 e. The van der Waals surface area contributed by atoms with Crippen LogP contribution in [0.25, 0.3) is 0 Å². The molecule has 0 fully saturated rings. The summed E-state index contributed by atoms with van der Waals surface area (Å²) in [6.07, 6.45) is 0. The molecule has 8 heavy (non-hydrogen) atoms. The lowest BCUT2D eigenvalue weighted by Gasteiger charge is -1.86. The highest BCUT2D eigenvalue weighted by molar-refractivity contribution is 6.45. The van der Waals surface area contributed by atoms with E-state index < -0.39 is 9.76 Å². The van der Waals surface area contributed by atoms with Gasteiger partial charge in [-0.15, -0.1) is 0 Å². The molecule has 0 N–H and O–H groups in total. The van der Waals surface area contributed by atoms with Crippen molar-refractivity contribution < 1.29 is 4.80 Å². The molecular weight excluding hydrogens is 116 g/mol. The highest BCUT2D eigenvalue weighted by Crippen LogP contribution is 1.78. The van der Waals surface area contributed by atoms with E-state index in [0.29, 0.717) is 0 Å². The summed E-state index contributed by atoms with van der Waals surface area (Å²) in [5, 5.41) is 0.993. The zero-order valence-electron chi connectivity index (χ0n) is 4.50. The summed E-state index contributed by atoms with van der Waals surface area (Å²) >= 11 is 0. The first-order valence-electron chi connectivity index (χ1n) is 2.55. The van der Waals surface area contributed by atoms with Crippen molar-refractivity contribution in [3.8, 4) is 0 Å². The monoisotopic (exact) mass is 123 g/mol. The third kappa shape index (κ3) is 1.18. The highest BCUT2D eigenvalue weighted by atomic mass is 28.2. The number of hydrogen-bond donors (Lipinski definition) is 0.